The van der Waals surface area contributed by atoms with E-state index in [4.69, 9.17) is 21.5 Å². The Morgan fingerprint density at radius 2 is 1.70 bits per heavy atom. The lowest BCUT2D eigenvalue weighted by molar-refractivity contribution is -0.192. The van der Waals surface area contributed by atoms with Gasteiger partial charge in [0, 0.05) is 37.8 Å². The van der Waals surface area contributed by atoms with E-state index in [1.165, 1.54) is 6.07 Å². The Labute approximate surface area is 215 Å². The van der Waals surface area contributed by atoms with E-state index in [2.05, 4.69) is 15.4 Å². The van der Waals surface area contributed by atoms with Crippen LogP contribution < -0.4 is 20.3 Å². The minimum Gasteiger partial charge on any atom is -0.475 e. The van der Waals surface area contributed by atoms with Gasteiger partial charge in [0.1, 0.15) is 5.82 Å². The summed E-state index contributed by atoms with van der Waals surface area (Å²) in [6.45, 7) is 6.58. The van der Waals surface area contributed by atoms with Crippen LogP contribution in [-0.2, 0) is 14.8 Å². The van der Waals surface area contributed by atoms with Gasteiger partial charge in [0.15, 0.2) is 0 Å². The quantitative estimate of drug-likeness (QED) is 0.393. The van der Waals surface area contributed by atoms with Gasteiger partial charge in [0.05, 0.1) is 21.3 Å². The summed E-state index contributed by atoms with van der Waals surface area (Å²) in [6.07, 6.45) is -5.08. The monoisotopic (exact) mass is 568 g/mol. The molecule has 1 aliphatic heterocycles. The molecule has 2 aromatic carbocycles. The van der Waals surface area contributed by atoms with Gasteiger partial charge < -0.3 is 20.6 Å². The maximum absolute atomic E-state index is 13.5. The first kappa shape index (κ1) is 30.1. The smallest absolute Gasteiger partial charge is 0.475 e. The summed E-state index contributed by atoms with van der Waals surface area (Å²) >= 11 is 5.76. The number of hydrogen-bond donors (Lipinski definition) is 4. The molecular formula is C22H25ClF4N4O5S. The minimum absolute atomic E-state index is 0.0631. The van der Waals surface area contributed by atoms with Crippen LogP contribution in [0.4, 0.5) is 28.9 Å². The molecular weight excluding hydrogens is 544 g/mol. The number of carboxylic acid groups (broad SMARTS) is 1. The fraction of sp³-hybridized carbons (Fsp3) is 0.364. The second kappa shape index (κ2) is 12.4. The molecule has 1 saturated heterocycles. The Kier molecular flexibility index (Phi) is 10.1. The molecule has 0 radical (unpaired) electrons. The van der Waals surface area contributed by atoms with Gasteiger partial charge in [-0.2, -0.15) is 13.2 Å². The Morgan fingerprint density at radius 1 is 1.11 bits per heavy atom. The zero-order chi connectivity index (χ0) is 28.0. The first-order valence-corrected chi connectivity index (χ1v) is 12.7. The van der Waals surface area contributed by atoms with Crippen molar-refractivity contribution in [2.24, 2.45) is 0 Å². The number of sulfonamides is 1. The number of hydrogen-bond acceptors (Lipinski definition) is 6. The molecule has 1 fully saturated rings. The van der Waals surface area contributed by atoms with Gasteiger partial charge in [-0.3, -0.25) is 9.52 Å². The summed E-state index contributed by atoms with van der Waals surface area (Å²) in [5.74, 6) is -3.76. The lowest BCUT2D eigenvalue weighted by Crippen LogP contribution is -2.43. The number of aliphatic carboxylic acids is 1. The molecule has 204 valence electrons. The minimum atomic E-state index is -5.08. The highest BCUT2D eigenvalue weighted by molar-refractivity contribution is 7.92. The largest absolute Gasteiger partial charge is 0.490 e. The van der Waals surface area contributed by atoms with Crippen LogP contribution in [0.15, 0.2) is 41.3 Å². The van der Waals surface area contributed by atoms with E-state index in [0.29, 0.717) is 24.3 Å². The molecule has 9 nitrogen and oxygen atoms in total. The number of carboxylic acids is 1. The van der Waals surface area contributed by atoms with E-state index >= 15 is 0 Å². The van der Waals surface area contributed by atoms with Crippen molar-refractivity contribution < 1.29 is 40.7 Å². The number of rotatable bonds is 6. The second-order valence-electron chi connectivity index (χ2n) is 8.08. The van der Waals surface area contributed by atoms with E-state index in [9.17, 15) is 30.8 Å². The van der Waals surface area contributed by atoms with Crippen molar-refractivity contribution in [2.45, 2.75) is 31.0 Å². The number of piperazine rings is 1. The summed E-state index contributed by atoms with van der Waals surface area (Å²) in [7, 11) is -4.05. The van der Waals surface area contributed by atoms with Gasteiger partial charge in [-0.05, 0) is 50.2 Å². The summed E-state index contributed by atoms with van der Waals surface area (Å²) < 4.78 is 73.6. The molecule has 1 amide bonds. The van der Waals surface area contributed by atoms with Gasteiger partial charge in [-0.1, -0.05) is 11.6 Å². The zero-order valence-corrected chi connectivity index (χ0v) is 21.3. The van der Waals surface area contributed by atoms with Crippen LogP contribution in [0.2, 0.25) is 5.02 Å². The van der Waals surface area contributed by atoms with Crippen molar-refractivity contribution >= 4 is 44.9 Å². The Bertz CT molecular complexity index is 1240. The third-order valence-corrected chi connectivity index (χ3v) is 6.48. The Hall–Kier alpha value is -3.10. The van der Waals surface area contributed by atoms with Crippen LogP contribution in [0.3, 0.4) is 0 Å². The second-order valence-corrected chi connectivity index (χ2v) is 10.2. The highest BCUT2D eigenvalue weighted by Gasteiger charge is 2.38. The molecule has 1 heterocycles. The number of alkyl halides is 3. The molecule has 37 heavy (non-hydrogen) atoms. The average Bonchev–Trinajstić information content (AvgIpc) is 2.80. The Balaban J connectivity index is 0.000000604. The molecule has 0 spiro atoms. The first-order chi connectivity index (χ1) is 17.1. The number of benzene rings is 2. The molecule has 0 aromatic heterocycles. The highest BCUT2D eigenvalue weighted by Crippen LogP contribution is 2.31. The van der Waals surface area contributed by atoms with Crippen LogP contribution in [0, 0.1) is 5.82 Å². The van der Waals surface area contributed by atoms with Crippen LogP contribution in [-0.4, -0.2) is 63.8 Å². The topological polar surface area (TPSA) is 128 Å². The van der Waals surface area contributed by atoms with Crippen molar-refractivity contribution in [3.8, 4) is 0 Å². The van der Waals surface area contributed by atoms with Gasteiger partial charge in [0.25, 0.3) is 15.9 Å². The van der Waals surface area contributed by atoms with Gasteiger partial charge >= 0.3 is 12.1 Å². The van der Waals surface area contributed by atoms with Crippen molar-refractivity contribution in [1.29, 1.82) is 0 Å². The third-order valence-electron chi connectivity index (χ3n) is 4.82. The number of nitrogens with one attached hydrogen (secondary N) is 3. The lowest BCUT2D eigenvalue weighted by atomic mass is 10.1. The third kappa shape index (κ3) is 8.76. The van der Waals surface area contributed by atoms with Gasteiger partial charge in [-0.15, -0.1) is 0 Å². The number of nitrogens with zero attached hydrogens (tertiary/aromatic N) is 1. The predicted octanol–water partition coefficient (Wildman–Crippen LogP) is 3.46. The summed E-state index contributed by atoms with van der Waals surface area (Å²) in [5.41, 5.74) is 1.26. The number of carbonyl (C=O) groups is 2. The average molecular weight is 569 g/mol. The molecule has 0 unspecified atom stereocenters. The number of carbonyl (C=O) groups excluding carboxylic acids is 1. The van der Waals surface area contributed by atoms with Crippen molar-refractivity contribution in [3.63, 3.8) is 0 Å². The van der Waals surface area contributed by atoms with Crippen LogP contribution in [0.1, 0.15) is 24.2 Å². The predicted molar refractivity (Wildman–Crippen MR) is 130 cm³/mol. The van der Waals surface area contributed by atoms with Crippen LogP contribution >= 0.6 is 11.6 Å². The SMILES string of the molecule is CC(C)NC(=O)c1ccc(N2CCNCC2)c(NS(=O)(=O)c2ccc(F)c(Cl)c2)c1.O=C(O)C(F)(F)F. The molecule has 0 bridgehead atoms. The zero-order valence-electron chi connectivity index (χ0n) is 19.7. The molecule has 3 rings (SSSR count). The van der Waals surface area contributed by atoms with Crippen molar-refractivity contribution in [3.05, 3.63) is 52.8 Å². The standard InChI is InChI=1S/C20H24ClFN4O3S.C2HF3O2/c1-13(2)24-20(27)14-3-6-19(26-9-7-23-8-10-26)18(11-14)25-30(28,29)15-4-5-17(22)16(21)12-15;3-2(4,5)1(6)7/h3-6,11-13,23,25H,7-10H2,1-2H3,(H,24,27);(H,6,7). The molecule has 0 saturated carbocycles. The molecule has 4 N–H and O–H groups in total. The number of amides is 1. The van der Waals surface area contributed by atoms with E-state index in [0.717, 1.165) is 31.3 Å². The van der Waals surface area contributed by atoms with Gasteiger partial charge in [-0.25, -0.2) is 17.6 Å². The van der Waals surface area contributed by atoms with Crippen LogP contribution in [0.5, 0.6) is 0 Å². The van der Waals surface area contributed by atoms with Gasteiger partial charge in [0.2, 0.25) is 0 Å². The highest BCUT2D eigenvalue weighted by atomic mass is 35.5. The normalized spacial score (nSPS) is 14.0. The lowest BCUT2D eigenvalue weighted by Gasteiger charge is -2.31. The van der Waals surface area contributed by atoms with Crippen molar-refractivity contribution in [2.75, 3.05) is 35.8 Å². The van der Waals surface area contributed by atoms with E-state index < -0.39 is 28.0 Å². The molecule has 15 heteroatoms. The number of anilines is 2. The first-order valence-electron chi connectivity index (χ1n) is 10.8. The summed E-state index contributed by atoms with van der Waals surface area (Å²) in [4.78, 5) is 23.2. The summed E-state index contributed by atoms with van der Waals surface area (Å²) in [6, 6.07) is 8.05. The maximum Gasteiger partial charge on any atom is 0.490 e. The molecule has 0 atom stereocenters. The molecule has 0 aliphatic carbocycles. The molecule has 1 aliphatic rings. The fourth-order valence-corrected chi connectivity index (χ4v) is 4.47. The molecule has 2 aromatic rings. The number of halogens is 5. The van der Waals surface area contributed by atoms with Crippen molar-refractivity contribution in [1.82, 2.24) is 10.6 Å². The maximum atomic E-state index is 13.5. The summed E-state index contributed by atoms with van der Waals surface area (Å²) in [5, 5.41) is 12.9. The van der Waals surface area contributed by atoms with E-state index in [1.54, 1.807) is 12.1 Å². The van der Waals surface area contributed by atoms with E-state index in [1.807, 2.05) is 18.7 Å². The van der Waals surface area contributed by atoms with E-state index in [-0.39, 0.29) is 27.6 Å². The fourth-order valence-electron chi connectivity index (χ4n) is 3.13. The van der Waals surface area contributed by atoms with Crippen LogP contribution in [0.25, 0.3) is 0 Å². The Morgan fingerprint density at radius 3 is 2.22 bits per heavy atom.